The minimum Gasteiger partial charge on any atom is -0.309 e. The van der Waals surface area contributed by atoms with Gasteiger partial charge >= 0.3 is 7.60 Å². The number of hydrogen-bond donors (Lipinski definition) is 1. The molecule has 0 heterocycles. The third-order valence-electron chi connectivity index (χ3n) is 5.10. The lowest BCUT2D eigenvalue weighted by atomic mass is 10.0. The van der Waals surface area contributed by atoms with Gasteiger partial charge in [-0.2, -0.15) is 0 Å². The molecule has 0 spiro atoms. The number of hydrazine groups is 1. The van der Waals surface area contributed by atoms with Gasteiger partial charge in [-0.15, -0.1) is 0 Å². The number of hydrogen-bond acceptors (Lipinski definition) is 5. The lowest BCUT2D eigenvalue weighted by Crippen LogP contribution is -2.37. The van der Waals surface area contributed by atoms with Crippen LogP contribution in [0.15, 0.2) is 78.9 Å². The molecule has 8 heteroatoms. The van der Waals surface area contributed by atoms with Gasteiger partial charge in [0.25, 0.3) is 5.91 Å². The van der Waals surface area contributed by atoms with E-state index in [-0.39, 0.29) is 11.1 Å². The summed E-state index contributed by atoms with van der Waals surface area (Å²) >= 11 is 0. The zero-order valence-corrected chi connectivity index (χ0v) is 18.4. The Labute approximate surface area is 180 Å². The Kier molecular flexibility index (Phi) is 6.72. The van der Waals surface area contributed by atoms with E-state index in [4.69, 9.17) is 14.9 Å². The van der Waals surface area contributed by atoms with Crippen LogP contribution in [-0.2, 0) is 19.0 Å². The van der Waals surface area contributed by atoms with E-state index in [2.05, 4.69) is 0 Å². The highest BCUT2D eigenvalue weighted by Crippen LogP contribution is 2.64. The second kappa shape index (κ2) is 9.12. The van der Waals surface area contributed by atoms with Gasteiger partial charge in [-0.25, -0.2) is 15.2 Å². The number of carbonyl (C=O) groups is 1. The molecule has 2 N–H and O–H groups in total. The summed E-state index contributed by atoms with van der Waals surface area (Å²) < 4.78 is 37.3. The van der Waals surface area contributed by atoms with E-state index in [9.17, 15) is 9.36 Å². The molecule has 0 bridgehead atoms. The molecular formula is C23H24FN2O4P. The molecule has 0 fully saturated rings. The molecule has 1 atom stereocenters. The van der Waals surface area contributed by atoms with Gasteiger partial charge in [0.15, 0.2) is 0 Å². The number of nitrogens with two attached hydrogens (primary N) is 1. The zero-order valence-electron chi connectivity index (χ0n) is 17.5. The van der Waals surface area contributed by atoms with Crippen LogP contribution < -0.4 is 10.9 Å². The summed E-state index contributed by atoms with van der Waals surface area (Å²) in [5.74, 6) is 5.61. The molecule has 1 unspecified atom stereocenters. The Balaban J connectivity index is 1.85. The molecule has 0 aliphatic carbocycles. The Morgan fingerprint density at radius 2 is 1.52 bits per heavy atom. The first-order valence-corrected chi connectivity index (χ1v) is 11.0. The van der Waals surface area contributed by atoms with Gasteiger partial charge in [0.2, 0.25) is 5.41 Å². The van der Waals surface area contributed by atoms with Crippen molar-refractivity contribution in [3.8, 4) is 11.1 Å². The van der Waals surface area contributed by atoms with Gasteiger partial charge in [0.1, 0.15) is 0 Å². The third-order valence-corrected chi connectivity index (χ3v) is 7.35. The van der Waals surface area contributed by atoms with Crippen LogP contribution in [0.3, 0.4) is 0 Å². The molecule has 0 aliphatic rings. The maximum Gasteiger partial charge on any atom is 0.371 e. The molecular weight excluding hydrogens is 418 g/mol. The highest BCUT2D eigenvalue weighted by atomic mass is 31.2. The number of carbonyl (C=O) groups excluding carboxylic acids is 1. The molecule has 31 heavy (non-hydrogen) atoms. The van der Waals surface area contributed by atoms with Gasteiger partial charge in [0.05, 0.1) is 5.69 Å². The molecule has 0 saturated heterocycles. The standard InChI is InChI=1S/C23H24FN2O4P/c1-23(24,31(28,29-2)30-3)20-14-12-18(13-15-20)22(27)26(25)21-11-7-10-19(16-21)17-8-5-4-6-9-17/h4-16H,25H2,1-3H3. The molecule has 0 aromatic heterocycles. The van der Waals surface area contributed by atoms with Crippen molar-refractivity contribution in [3.05, 3.63) is 90.0 Å². The predicted molar refractivity (Wildman–Crippen MR) is 119 cm³/mol. The van der Waals surface area contributed by atoms with Gasteiger partial charge in [-0.1, -0.05) is 54.6 Å². The molecule has 3 rings (SSSR count). The van der Waals surface area contributed by atoms with E-state index in [0.717, 1.165) is 37.3 Å². The van der Waals surface area contributed by atoms with Crippen molar-refractivity contribution in [1.29, 1.82) is 0 Å². The fourth-order valence-electron chi connectivity index (χ4n) is 3.21. The largest absolute Gasteiger partial charge is 0.371 e. The van der Waals surface area contributed by atoms with E-state index < -0.39 is 18.9 Å². The quantitative estimate of drug-likeness (QED) is 0.226. The topological polar surface area (TPSA) is 81.9 Å². The molecule has 3 aromatic rings. The lowest BCUT2D eigenvalue weighted by molar-refractivity contribution is 0.0987. The van der Waals surface area contributed by atoms with Crippen molar-refractivity contribution in [2.45, 2.75) is 12.3 Å². The van der Waals surface area contributed by atoms with E-state index in [1.54, 1.807) is 6.07 Å². The molecule has 6 nitrogen and oxygen atoms in total. The molecule has 1 amide bonds. The van der Waals surface area contributed by atoms with Crippen LogP contribution in [-0.4, -0.2) is 20.1 Å². The Morgan fingerprint density at radius 1 is 0.935 bits per heavy atom. The number of anilines is 1. The first-order valence-electron chi connectivity index (χ1n) is 9.49. The summed E-state index contributed by atoms with van der Waals surface area (Å²) in [5, 5.41) is -1.35. The Hall–Kier alpha value is -2.83. The molecule has 162 valence electrons. The maximum atomic E-state index is 15.2. The van der Waals surface area contributed by atoms with Gasteiger partial charge in [-0.3, -0.25) is 9.36 Å². The van der Waals surface area contributed by atoms with Crippen LogP contribution >= 0.6 is 7.60 Å². The maximum absolute atomic E-state index is 15.2. The smallest absolute Gasteiger partial charge is 0.309 e. The van der Waals surface area contributed by atoms with Gasteiger partial charge < -0.3 is 9.05 Å². The number of benzene rings is 3. The van der Waals surface area contributed by atoms with Crippen molar-refractivity contribution in [3.63, 3.8) is 0 Å². The minimum atomic E-state index is -4.03. The second-order valence-corrected chi connectivity index (χ2v) is 9.55. The summed E-state index contributed by atoms with van der Waals surface area (Å²) in [6.45, 7) is 1.11. The summed E-state index contributed by atoms with van der Waals surface area (Å²) in [5.41, 5.74) is 2.73. The van der Waals surface area contributed by atoms with Crippen LogP contribution in [0.5, 0.6) is 0 Å². The van der Waals surface area contributed by atoms with Crippen LogP contribution in [0.4, 0.5) is 10.1 Å². The third kappa shape index (κ3) is 4.45. The fourth-order valence-corrected chi connectivity index (χ4v) is 4.51. The van der Waals surface area contributed by atoms with Gasteiger partial charge in [0, 0.05) is 25.3 Å². The molecule has 0 saturated carbocycles. The number of nitrogens with zero attached hydrogens (tertiary/aromatic N) is 1. The highest BCUT2D eigenvalue weighted by molar-refractivity contribution is 7.54. The normalized spacial score (nSPS) is 13.5. The number of rotatable bonds is 7. The number of alkyl halides is 1. The summed E-state index contributed by atoms with van der Waals surface area (Å²) in [4.78, 5) is 12.9. The monoisotopic (exact) mass is 442 g/mol. The SMILES string of the molecule is COP(=O)(OC)C(C)(F)c1ccc(C(=O)N(N)c2cccc(-c3ccccc3)c2)cc1. The Morgan fingerprint density at radius 3 is 2.10 bits per heavy atom. The molecule has 0 radical (unpaired) electrons. The van der Waals surface area contributed by atoms with Crippen LogP contribution in [0, 0.1) is 0 Å². The average Bonchev–Trinajstić information content (AvgIpc) is 2.83. The number of amides is 1. The molecule has 3 aromatic carbocycles. The summed E-state index contributed by atoms with van der Waals surface area (Å²) in [6, 6.07) is 22.6. The molecule has 0 aliphatic heterocycles. The fraction of sp³-hybridized carbons (Fsp3) is 0.174. The Bertz CT molecular complexity index is 1100. The van der Waals surface area contributed by atoms with E-state index in [0.29, 0.717) is 5.69 Å². The highest BCUT2D eigenvalue weighted by Gasteiger charge is 2.48. The first kappa shape index (κ1) is 22.8. The van der Waals surface area contributed by atoms with Crippen molar-refractivity contribution >= 4 is 19.2 Å². The van der Waals surface area contributed by atoms with Crippen molar-refractivity contribution < 1.29 is 22.8 Å². The van der Waals surface area contributed by atoms with E-state index in [1.807, 2.05) is 48.5 Å². The van der Waals surface area contributed by atoms with Crippen LogP contribution in [0.2, 0.25) is 0 Å². The summed E-state index contributed by atoms with van der Waals surface area (Å²) in [7, 11) is -1.79. The first-order chi connectivity index (χ1) is 14.7. The van der Waals surface area contributed by atoms with Crippen molar-refractivity contribution in [2.24, 2.45) is 5.84 Å². The summed E-state index contributed by atoms with van der Waals surface area (Å²) in [6.07, 6.45) is 0. The average molecular weight is 442 g/mol. The minimum absolute atomic E-state index is 0.0609. The van der Waals surface area contributed by atoms with E-state index >= 15 is 4.39 Å². The van der Waals surface area contributed by atoms with Crippen molar-refractivity contribution in [1.82, 2.24) is 0 Å². The van der Waals surface area contributed by atoms with Crippen molar-refractivity contribution in [2.75, 3.05) is 19.2 Å². The van der Waals surface area contributed by atoms with E-state index in [1.165, 1.54) is 24.3 Å². The second-order valence-electron chi connectivity index (χ2n) is 6.98. The van der Waals surface area contributed by atoms with Crippen LogP contribution in [0.25, 0.3) is 11.1 Å². The predicted octanol–water partition coefficient (Wildman–Crippen LogP) is 5.50. The number of halogens is 1. The van der Waals surface area contributed by atoms with Gasteiger partial charge in [-0.05, 0) is 42.3 Å². The lowest BCUT2D eigenvalue weighted by Gasteiger charge is -2.27. The van der Waals surface area contributed by atoms with Crippen LogP contribution in [0.1, 0.15) is 22.8 Å². The zero-order chi connectivity index (χ0) is 22.6.